The Morgan fingerprint density at radius 2 is 2.07 bits per heavy atom. The molecule has 2 nitrogen and oxygen atoms in total. The highest BCUT2D eigenvalue weighted by Crippen LogP contribution is 2.19. The van der Waals surface area contributed by atoms with Crippen LogP contribution in [-0.2, 0) is 9.53 Å². The zero-order chi connectivity index (χ0) is 10.9. The van der Waals surface area contributed by atoms with E-state index in [2.05, 4.69) is 22.6 Å². The number of ether oxygens (including phenoxy) is 1. The van der Waals surface area contributed by atoms with Crippen LogP contribution in [0.15, 0.2) is 35.2 Å². The third-order valence-electron chi connectivity index (χ3n) is 1.72. The van der Waals surface area contributed by atoms with Gasteiger partial charge < -0.3 is 4.74 Å². The average Bonchev–Trinajstić information content (AvgIpc) is 2.26. The number of carbonyl (C=O) groups excluding carboxylic acids is 1. The largest absolute Gasteiger partial charge is 0.371 e. The second-order valence-corrected chi connectivity index (χ2v) is 4.66. The lowest BCUT2D eigenvalue weighted by Crippen LogP contribution is -1.97. The maximum atomic E-state index is 11.5. The Morgan fingerprint density at radius 1 is 1.33 bits per heavy atom. The van der Waals surface area contributed by atoms with Gasteiger partial charge in [-0.15, -0.1) is 0 Å². The maximum absolute atomic E-state index is 11.5. The molecule has 0 atom stereocenters. The molecule has 1 rings (SSSR count). The molecule has 0 amide bonds. The van der Waals surface area contributed by atoms with Gasteiger partial charge in [0, 0.05) is 17.9 Å². The average molecular weight is 336 g/mol. The molecule has 0 saturated carbocycles. The van der Waals surface area contributed by atoms with Crippen LogP contribution in [0, 0.1) is 0 Å². The minimum absolute atomic E-state index is 0.207. The highest BCUT2D eigenvalue weighted by atomic mass is 127. The summed E-state index contributed by atoms with van der Waals surface area (Å²) in [6, 6.07) is 9.72. The summed E-state index contributed by atoms with van der Waals surface area (Å²) >= 11 is 3.46. The molecule has 0 heterocycles. The number of hydrogen-bond donors (Lipinski definition) is 0. The number of benzene rings is 1. The van der Waals surface area contributed by atoms with Crippen molar-refractivity contribution in [2.75, 3.05) is 11.2 Å². The van der Waals surface area contributed by atoms with Crippen LogP contribution in [-0.4, -0.2) is 16.3 Å². The number of thioether (sulfide) groups is 1. The van der Waals surface area contributed by atoms with Gasteiger partial charge in [-0.2, -0.15) is 0 Å². The summed E-state index contributed by atoms with van der Waals surface area (Å²) in [4.78, 5) is 12.5. The van der Waals surface area contributed by atoms with Gasteiger partial charge in [0.05, 0.1) is 4.61 Å². The molecule has 0 saturated heterocycles. The van der Waals surface area contributed by atoms with Gasteiger partial charge in [-0.25, -0.2) is 0 Å². The molecule has 0 aliphatic carbocycles. The summed E-state index contributed by atoms with van der Waals surface area (Å²) < 4.78 is 5.85. The molecule has 1 aromatic carbocycles. The summed E-state index contributed by atoms with van der Waals surface area (Å²) in [5.41, 5.74) is 0. The van der Waals surface area contributed by atoms with Gasteiger partial charge in [0.15, 0.2) is 5.12 Å². The minimum atomic E-state index is 0.207. The summed E-state index contributed by atoms with van der Waals surface area (Å²) in [5, 5.41) is 0.207. The van der Waals surface area contributed by atoms with Crippen molar-refractivity contribution in [3.8, 4) is 0 Å². The van der Waals surface area contributed by atoms with E-state index in [0.717, 1.165) is 11.3 Å². The van der Waals surface area contributed by atoms with Crippen molar-refractivity contribution in [2.45, 2.75) is 17.7 Å². The Labute approximate surface area is 108 Å². The first-order chi connectivity index (χ1) is 7.33. The first kappa shape index (κ1) is 13.0. The summed E-state index contributed by atoms with van der Waals surface area (Å²) in [6.45, 7) is 0.671. The molecule has 0 aliphatic rings. The lowest BCUT2D eigenvalue weighted by Gasteiger charge is -2.00. The summed E-state index contributed by atoms with van der Waals surface area (Å²) in [7, 11) is 0. The van der Waals surface area contributed by atoms with Crippen LogP contribution in [0.3, 0.4) is 0 Å². The third-order valence-corrected chi connectivity index (χ3v) is 3.10. The molecular formula is C11H13IO2S. The molecule has 0 radical (unpaired) electrons. The third kappa shape index (κ3) is 6.17. The lowest BCUT2D eigenvalue weighted by molar-refractivity contribution is -0.111. The fourth-order valence-electron chi connectivity index (χ4n) is 1.04. The molecule has 1 aromatic rings. The van der Waals surface area contributed by atoms with E-state index >= 15 is 0 Å². The van der Waals surface area contributed by atoms with Crippen LogP contribution >= 0.6 is 34.4 Å². The van der Waals surface area contributed by atoms with Crippen molar-refractivity contribution < 1.29 is 9.53 Å². The first-order valence-electron chi connectivity index (χ1n) is 4.72. The Hall–Kier alpha value is -0.0700. The van der Waals surface area contributed by atoms with Gasteiger partial charge in [0.2, 0.25) is 0 Å². The topological polar surface area (TPSA) is 26.3 Å². The number of alkyl halides is 1. The normalized spacial score (nSPS) is 10.2. The van der Waals surface area contributed by atoms with E-state index in [1.165, 1.54) is 11.8 Å². The van der Waals surface area contributed by atoms with Gasteiger partial charge in [-0.1, -0.05) is 52.6 Å². The molecule has 0 bridgehead atoms. The fourth-order valence-corrected chi connectivity index (χ4v) is 2.16. The lowest BCUT2D eigenvalue weighted by atomic mass is 10.3. The minimum Gasteiger partial charge on any atom is -0.371 e. The Kier molecular flexibility index (Phi) is 7.04. The number of carbonyl (C=O) groups is 1. The monoisotopic (exact) mass is 336 g/mol. The van der Waals surface area contributed by atoms with E-state index in [0.29, 0.717) is 17.6 Å². The van der Waals surface area contributed by atoms with Gasteiger partial charge in [-0.05, 0) is 18.6 Å². The van der Waals surface area contributed by atoms with E-state index in [4.69, 9.17) is 4.74 Å². The van der Waals surface area contributed by atoms with Gasteiger partial charge >= 0.3 is 0 Å². The van der Waals surface area contributed by atoms with Crippen LogP contribution in [0.1, 0.15) is 12.8 Å². The van der Waals surface area contributed by atoms with Crippen molar-refractivity contribution in [2.24, 2.45) is 0 Å². The van der Waals surface area contributed by atoms with E-state index in [9.17, 15) is 4.79 Å². The van der Waals surface area contributed by atoms with E-state index in [-0.39, 0.29) is 5.12 Å². The first-order valence-corrected chi connectivity index (χ1v) is 7.06. The highest BCUT2D eigenvalue weighted by Gasteiger charge is 2.03. The number of halogens is 1. The van der Waals surface area contributed by atoms with E-state index in [1.54, 1.807) is 0 Å². The number of rotatable bonds is 6. The molecule has 15 heavy (non-hydrogen) atoms. The SMILES string of the molecule is O=C(CCCOCI)Sc1ccccc1. The van der Waals surface area contributed by atoms with Crippen LogP contribution in [0.25, 0.3) is 0 Å². The van der Waals surface area contributed by atoms with E-state index in [1.807, 2.05) is 30.3 Å². The van der Waals surface area contributed by atoms with Crippen LogP contribution in [0.2, 0.25) is 0 Å². The zero-order valence-corrected chi connectivity index (χ0v) is 11.3. The van der Waals surface area contributed by atoms with Gasteiger partial charge in [0.25, 0.3) is 0 Å². The van der Waals surface area contributed by atoms with Gasteiger partial charge in [0.1, 0.15) is 0 Å². The molecule has 82 valence electrons. The molecule has 0 fully saturated rings. The van der Waals surface area contributed by atoms with Crippen LogP contribution < -0.4 is 0 Å². The Bertz CT molecular complexity index is 290. The predicted octanol–water partition coefficient (Wildman–Crippen LogP) is 3.49. The van der Waals surface area contributed by atoms with Gasteiger partial charge in [-0.3, -0.25) is 4.79 Å². The van der Waals surface area contributed by atoms with Crippen LogP contribution in [0.4, 0.5) is 0 Å². The number of hydrogen-bond acceptors (Lipinski definition) is 3. The molecular weight excluding hydrogens is 323 g/mol. The predicted molar refractivity (Wildman–Crippen MR) is 71.4 cm³/mol. The fraction of sp³-hybridized carbons (Fsp3) is 0.364. The standard InChI is InChI=1S/C11H13IO2S/c12-9-14-8-4-7-11(13)15-10-5-2-1-3-6-10/h1-3,5-6H,4,7-9H2. The Balaban J connectivity index is 2.19. The molecule has 0 unspecified atom stereocenters. The summed E-state index contributed by atoms with van der Waals surface area (Å²) in [5.74, 6) is 0. The quantitative estimate of drug-likeness (QED) is 0.344. The second kappa shape index (κ2) is 8.13. The van der Waals surface area contributed by atoms with Crippen LogP contribution in [0.5, 0.6) is 0 Å². The molecule has 4 heteroatoms. The van der Waals surface area contributed by atoms with Crippen molar-refractivity contribution >= 4 is 39.5 Å². The highest BCUT2D eigenvalue weighted by molar-refractivity contribution is 14.1. The smallest absolute Gasteiger partial charge is 0.193 e. The molecule has 0 aliphatic heterocycles. The van der Waals surface area contributed by atoms with Crippen molar-refractivity contribution in [3.05, 3.63) is 30.3 Å². The molecule has 0 aromatic heterocycles. The summed E-state index contributed by atoms with van der Waals surface area (Å²) in [6.07, 6.45) is 1.39. The van der Waals surface area contributed by atoms with E-state index < -0.39 is 0 Å². The zero-order valence-electron chi connectivity index (χ0n) is 8.32. The molecule has 0 spiro atoms. The van der Waals surface area contributed by atoms with Crippen molar-refractivity contribution in [1.82, 2.24) is 0 Å². The molecule has 0 N–H and O–H groups in total. The van der Waals surface area contributed by atoms with Crippen molar-refractivity contribution in [3.63, 3.8) is 0 Å². The van der Waals surface area contributed by atoms with Crippen molar-refractivity contribution in [1.29, 1.82) is 0 Å². The maximum Gasteiger partial charge on any atom is 0.193 e. The Morgan fingerprint density at radius 3 is 2.73 bits per heavy atom. The second-order valence-electron chi connectivity index (χ2n) is 2.91.